The highest BCUT2D eigenvalue weighted by Gasteiger charge is 2.43. The van der Waals surface area contributed by atoms with Crippen LogP contribution in [0.15, 0.2) is 74.9 Å². The van der Waals surface area contributed by atoms with Crippen LogP contribution in [0.4, 0.5) is 0 Å². The molecule has 0 saturated carbocycles. The molecule has 2 heterocycles. The largest absolute Gasteiger partial charge is 0.314 e. The molecule has 2 amide bonds. The van der Waals surface area contributed by atoms with Gasteiger partial charge in [-0.25, -0.2) is 13.1 Å². The Labute approximate surface area is 214 Å². The van der Waals surface area contributed by atoms with Crippen LogP contribution in [-0.4, -0.2) is 43.8 Å². The van der Waals surface area contributed by atoms with Gasteiger partial charge in [0.25, 0.3) is 10.0 Å². The van der Waals surface area contributed by atoms with Gasteiger partial charge in [0.1, 0.15) is 4.21 Å². The van der Waals surface area contributed by atoms with Crippen molar-refractivity contribution in [3.05, 3.63) is 76.3 Å². The Morgan fingerprint density at radius 1 is 1.23 bits per heavy atom. The Hall–Kier alpha value is -2.46. The van der Waals surface area contributed by atoms with Gasteiger partial charge in [-0.05, 0) is 35.1 Å². The van der Waals surface area contributed by atoms with Crippen molar-refractivity contribution in [2.24, 2.45) is 5.92 Å². The number of rotatable bonds is 8. The van der Waals surface area contributed by atoms with Crippen molar-refractivity contribution < 1.29 is 18.0 Å². The number of hydrogen-bond donors (Lipinski definition) is 2. The smallest absolute Gasteiger partial charge is 0.273 e. The maximum absolute atomic E-state index is 13.8. The van der Waals surface area contributed by atoms with Gasteiger partial charge < -0.3 is 4.90 Å². The SMILES string of the molecule is CC[C@H](C)[C@H]1NC2C=C(Cl)C=C(C2c2ccccc2)N(CCC(=O)NS(=O)(=O)c2cccs2)C1=O. The Morgan fingerprint density at radius 2 is 1.97 bits per heavy atom. The van der Waals surface area contributed by atoms with Gasteiger partial charge in [-0.15, -0.1) is 11.3 Å². The van der Waals surface area contributed by atoms with E-state index in [1.54, 1.807) is 22.4 Å². The first-order chi connectivity index (χ1) is 16.7. The number of thiophene rings is 1. The average Bonchev–Trinajstić information content (AvgIpc) is 3.36. The molecule has 1 aromatic heterocycles. The predicted molar refractivity (Wildman–Crippen MR) is 137 cm³/mol. The summed E-state index contributed by atoms with van der Waals surface area (Å²) >= 11 is 7.51. The number of fused-ring (bicyclic) bond motifs is 2. The molecule has 2 bridgehead atoms. The van der Waals surface area contributed by atoms with Crippen LogP contribution in [0.2, 0.25) is 0 Å². The number of benzene rings is 1. The Balaban J connectivity index is 1.64. The van der Waals surface area contributed by atoms with E-state index in [1.807, 2.05) is 50.3 Å². The minimum atomic E-state index is -3.94. The molecule has 0 spiro atoms. The third kappa shape index (κ3) is 5.53. The summed E-state index contributed by atoms with van der Waals surface area (Å²) in [7, 11) is -3.94. The standard InChI is InChI=1S/C25H28ClN3O4S2/c1-3-16(2)24-25(31)29(12-11-21(30)28-35(32,33)22-10-7-13-34-22)20-15-18(26)14-19(27-24)23(20)17-8-5-4-6-9-17/h4-10,13-16,19,23-24,27H,3,11-12H2,1-2H3,(H,28,30)/t16-,19?,23?,24+/m0/s1. The van der Waals surface area contributed by atoms with E-state index in [2.05, 4.69) is 10.0 Å². The van der Waals surface area contributed by atoms with Crippen LogP contribution in [0.3, 0.4) is 0 Å². The second kappa shape index (κ2) is 10.7. The third-order valence-electron chi connectivity index (χ3n) is 6.46. The van der Waals surface area contributed by atoms with E-state index in [0.717, 1.165) is 23.3 Å². The van der Waals surface area contributed by atoms with E-state index >= 15 is 0 Å². The fourth-order valence-corrected chi connectivity index (χ4v) is 6.75. The van der Waals surface area contributed by atoms with Gasteiger partial charge in [-0.3, -0.25) is 14.9 Å². The van der Waals surface area contributed by atoms with Crippen molar-refractivity contribution >= 4 is 44.8 Å². The summed E-state index contributed by atoms with van der Waals surface area (Å²) in [6, 6.07) is 12.2. The Kier molecular flexibility index (Phi) is 7.80. The minimum Gasteiger partial charge on any atom is -0.314 e. The second-order valence-electron chi connectivity index (χ2n) is 8.77. The van der Waals surface area contributed by atoms with Crippen molar-refractivity contribution in [2.45, 2.75) is 48.9 Å². The zero-order valence-corrected chi connectivity index (χ0v) is 21.9. The van der Waals surface area contributed by atoms with E-state index in [0.29, 0.717) is 10.7 Å². The molecular weight excluding hydrogens is 506 g/mol. The molecule has 4 atom stereocenters. The molecule has 2 N–H and O–H groups in total. The highest BCUT2D eigenvalue weighted by atomic mass is 35.5. The number of allylic oxidation sites excluding steroid dienone is 2. The average molecular weight is 534 g/mol. The molecule has 1 aliphatic heterocycles. The second-order valence-corrected chi connectivity index (χ2v) is 12.1. The lowest BCUT2D eigenvalue weighted by atomic mass is 9.84. The first kappa shape index (κ1) is 25.6. The van der Waals surface area contributed by atoms with Gasteiger partial charge in [-0.1, -0.05) is 68.3 Å². The first-order valence-corrected chi connectivity index (χ1v) is 14.3. The van der Waals surface area contributed by atoms with Crippen molar-refractivity contribution in [2.75, 3.05) is 6.54 Å². The number of nitrogens with one attached hydrogen (secondary N) is 2. The Bertz CT molecular complexity index is 1240. The van der Waals surface area contributed by atoms with E-state index in [4.69, 9.17) is 11.6 Å². The molecule has 4 rings (SSSR count). The number of nitrogens with zero attached hydrogens (tertiary/aromatic N) is 1. The van der Waals surface area contributed by atoms with Crippen molar-refractivity contribution in [3.63, 3.8) is 0 Å². The minimum absolute atomic E-state index is 0.0330. The highest BCUT2D eigenvalue weighted by Crippen LogP contribution is 2.39. The summed E-state index contributed by atoms with van der Waals surface area (Å²) in [5.41, 5.74) is 1.72. The molecule has 2 unspecified atom stereocenters. The summed E-state index contributed by atoms with van der Waals surface area (Å²) in [6.45, 7) is 4.08. The van der Waals surface area contributed by atoms with Crippen LogP contribution in [0, 0.1) is 5.92 Å². The summed E-state index contributed by atoms with van der Waals surface area (Å²) in [6.07, 6.45) is 4.31. The lowest BCUT2D eigenvalue weighted by Crippen LogP contribution is -2.49. The number of amides is 2. The van der Waals surface area contributed by atoms with Crippen LogP contribution in [-0.2, 0) is 19.6 Å². The normalized spacial score (nSPS) is 23.2. The first-order valence-electron chi connectivity index (χ1n) is 11.5. The number of halogens is 1. The maximum atomic E-state index is 13.8. The van der Waals surface area contributed by atoms with Gasteiger partial charge in [0.05, 0.1) is 6.04 Å². The molecule has 1 aliphatic carbocycles. The molecule has 1 saturated heterocycles. The van der Waals surface area contributed by atoms with Gasteiger partial charge in [0.2, 0.25) is 11.8 Å². The van der Waals surface area contributed by atoms with Crippen LogP contribution >= 0.6 is 22.9 Å². The van der Waals surface area contributed by atoms with Crippen LogP contribution < -0.4 is 10.0 Å². The highest BCUT2D eigenvalue weighted by molar-refractivity contribution is 7.92. The monoisotopic (exact) mass is 533 g/mol. The van der Waals surface area contributed by atoms with Crippen molar-refractivity contribution in [1.29, 1.82) is 0 Å². The lowest BCUT2D eigenvalue weighted by molar-refractivity contribution is -0.132. The quantitative estimate of drug-likeness (QED) is 0.535. The summed E-state index contributed by atoms with van der Waals surface area (Å²) < 4.78 is 27.1. The Morgan fingerprint density at radius 3 is 2.63 bits per heavy atom. The van der Waals surface area contributed by atoms with E-state index in [-0.39, 0.29) is 41.0 Å². The molecular formula is C25H28ClN3O4S2. The molecule has 2 aliphatic rings. The zero-order valence-electron chi connectivity index (χ0n) is 19.5. The van der Waals surface area contributed by atoms with Gasteiger partial charge in [0.15, 0.2) is 0 Å². The molecule has 186 valence electrons. The molecule has 0 radical (unpaired) electrons. The number of sulfonamides is 1. The number of carbonyl (C=O) groups is 2. The number of hydrogen-bond acceptors (Lipinski definition) is 6. The maximum Gasteiger partial charge on any atom is 0.273 e. The fourth-order valence-electron chi connectivity index (χ4n) is 4.50. The molecule has 7 nitrogen and oxygen atoms in total. The van der Waals surface area contributed by atoms with Crippen molar-refractivity contribution in [1.82, 2.24) is 14.9 Å². The van der Waals surface area contributed by atoms with Crippen LogP contribution in [0.25, 0.3) is 0 Å². The summed E-state index contributed by atoms with van der Waals surface area (Å²) in [5.74, 6) is -0.965. The molecule has 10 heteroatoms. The molecule has 35 heavy (non-hydrogen) atoms. The lowest BCUT2D eigenvalue weighted by Gasteiger charge is -2.33. The van der Waals surface area contributed by atoms with Crippen LogP contribution in [0.5, 0.6) is 0 Å². The van der Waals surface area contributed by atoms with E-state index in [1.165, 1.54) is 6.07 Å². The summed E-state index contributed by atoms with van der Waals surface area (Å²) in [5, 5.41) is 5.65. The van der Waals surface area contributed by atoms with Gasteiger partial charge in [-0.2, -0.15) is 0 Å². The zero-order chi connectivity index (χ0) is 25.2. The van der Waals surface area contributed by atoms with Crippen LogP contribution in [0.1, 0.15) is 38.2 Å². The fraction of sp³-hybridized carbons (Fsp3) is 0.360. The molecule has 1 aromatic carbocycles. The number of carbonyl (C=O) groups excluding carboxylic acids is 2. The van der Waals surface area contributed by atoms with Crippen molar-refractivity contribution in [3.8, 4) is 0 Å². The van der Waals surface area contributed by atoms with Gasteiger partial charge >= 0.3 is 0 Å². The predicted octanol–water partition coefficient (Wildman–Crippen LogP) is 3.96. The van der Waals surface area contributed by atoms with E-state index < -0.39 is 22.0 Å². The molecule has 1 fully saturated rings. The third-order valence-corrected chi connectivity index (χ3v) is 9.47. The topological polar surface area (TPSA) is 95.6 Å². The molecule has 2 aromatic rings. The van der Waals surface area contributed by atoms with E-state index in [9.17, 15) is 18.0 Å². The van der Waals surface area contributed by atoms with Gasteiger partial charge in [0, 0.05) is 35.7 Å². The summed E-state index contributed by atoms with van der Waals surface area (Å²) in [4.78, 5) is 28.0.